The summed E-state index contributed by atoms with van der Waals surface area (Å²) in [6.45, 7) is 1.48. The van der Waals surface area contributed by atoms with E-state index in [1.165, 1.54) is 0 Å². The number of amides is 4. The third-order valence-corrected chi connectivity index (χ3v) is 6.87. The maximum Gasteiger partial charge on any atom is 0.325 e. The molecule has 7 nitrogen and oxygen atoms in total. The van der Waals surface area contributed by atoms with Crippen molar-refractivity contribution >= 4 is 40.2 Å². The van der Waals surface area contributed by atoms with Gasteiger partial charge in [0.2, 0.25) is 5.91 Å². The molecule has 1 fully saturated rings. The first-order valence-electron chi connectivity index (χ1n) is 9.97. The van der Waals surface area contributed by atoms with Gasteiger partial charge in [-0.1, -0.05) is 18.2 Å². The van der Waals surface area contributed by atoms with Crippen LogP contribution in [0.15, 0.2) is 46.2 Å². The fourth-order valence-corrected chi connectivity index (χ4v) is 5.40. The fraction of sp³-hybridized carbons (Fsp3) is 0.318. The van der Waals surface area contributed by atoms with Gasteiger partial charge in [0.05, 0.1) is 6.04 Å². The predicted octanol–water partition coefficient (Wildman–Crippen LogP) is 3.46. The van der Waals surface area contributed by atoms with Crippen LogP contribution in [0.3, 0.4) is 0 Å². The molecule has 8 heteroatoms. The van der Waals surface area contributed by atoms with Crippen molar-refractivity contribution in [3.8, 4) is 0 Å². The van der Waals surface area contributed by atoms with E-state index in [1.807, 2.05) is 48.7 Å². The summed E-state index contributed by atoms with van der Waals surface area (Å²) in [5.74, 6) is -0.142. The molecule has 1 aliphatic heterocycles. The summed E-state index contributed by atoms with van der Waals surface area (Å²) in [6, 6.07) is 10.5. The SMILES string of the molecule is C[C@H](NC(=O)CN1C(=O)N[C@@]2(CCCc3sccc32)C1=O)c1cc2ccccc2o1. The molecule has 1 saturated heterocycles. The molecule has 3 heterocycles. The first-order valence-corrected chi connectivity index (χ1v) is 10.8. The standard InChI is InChI=1S/C22H21N3O4S/c1-13(17-11-14-5-2-3-6-16(14)29-17)23-19(26)12-25-20(27)22(24-21(25)28)9-4-7-18-15(22)8-10-30-18/h2-3,5-6,8,10-11,13H,4,7,9,12H2,1H3,(H,23,26)(H,24,28)/t13-,22+/m0/s1. The van der Waals surface area contributed by atoms with Crippen molar-refractivity contribution < 1.29 is 18.8 Å². The van der Waals surface area contributed by atoms with Crippen LogP contribution in [0.5, 0.6) is 0 Å². The van der Waals surface area contributed by atoms with Gasteiger partial charge < -0.3 is 15.1 Å². The van der Waals surface area contributed by atoms with Crippen molar-refractivity contribution in [3.63, 3.8) is 0 Å². The van der Waals surface area contributed by atoms with Gasteiger partial charge in [-0.25, -0.2) is 4.79 Å². The van der Waals surface area contributed by atoms with Crippen molar-refractivity contribution in [2.45, 2.75) is 37.8 Å². The number of imide groups is 1. The summed E-state index contributed by atoms with van der Waals surface area (Å²) >= 11 is 1.60. The number of hydrogen-bond donors (Lipinski definition) is 2. The molecule has 2 N–H and O–H groups in total. The number of para-hydroxylation sites is 1. The summed E-state index contributed by atoms with van der Waals surface area (Å²) in [5.41, 5.74) is 0.583. The lowest BCUT2D eigenvalue weighted by atomic mass is 9.80. The Bertz CT molecular complexity index is 1130. The number of aryl methyl sites for hydroxylation is 1. The molecule has 30 heavy (non-hydrogen) atoms. The van der Waals surface area contributed by atoms with E-state index in [-0.39, 0.29) is 12.5 Å². The van der Waals surface area contributed by atoms with E-state index < -0.39 is 23.5 Å². The second-order valence-corrected chi connectivity index (χ2v) is 8.81. The van der Waals surface area contributed by atoms with Gasteiger partial charge >= 0.3 is 6.03 Å². The zero-order valence-corrected chi connectivity index (χ0v) is 17.3. The number of nitrogens with one attached hydrogen (secondary N) is 2. The van der Waals surface area contributed by atoms with Gasteiger partial charge in [0.25, 0.3) is 5.91 Å². The number of thiophene rings is 1. The average Bonchev–Trinajstić information content (AvgIpc) is 3.43. The van der Waals surface area contributed by atoms with Gasteiger partial charge in [-0.2, -0.15) is 0 Å². The first-order chi connectivity index (χ1) is 14.5. The van der Waals surface area contributed by atoms with Gasteiger partial charge in [-0.15, -0.1) is 11.3 Å². The van der Waals surface area contributed by atoms with Crippen LogP contribution in [-0.2, 0) is 21.5 Å². The molecule has 2 aliphatic rings. The number of hydrogen-bond acceptors (Lipinski definition) is 5. The Morgan fingerprint density at radius 2 is 2.17 bits per heavy atom. The van der Waals surface area contributed by atoms with Crippen molar-refractivity contribution in [3.05, 3.63) is 58.0 Å². The highest BCUT2D eigenvalue weighted by Crippen LogP contribution is 2.42. The molecule has 0 radical (unpaired) electrons. The molecular weight excluding hydrogens is 402 g/mol. The Morgan fingerprint density at radius 3 is 3.00 bits per heavy atom. The Balaban J connectivity index is 1.30. The van der Waals surface area contributed by atoms with E-state index in [9.17, 15) is 14.4 Å². The molecule has 1 spiro atoms. The minimum absolute atomic E-state index is 0.323. The van der Waals surface area contributed by atoms with Gasteiger partial charge in [0.1, 0.15) is 23.4 Å². The number of furan rings is 1. The monoisotopic (exact) mass is 423 g/mol. The smallest absolute Gasteiger partial charge is 0.325 e. The van der Waals surface area contributed by atoms with Gasteiger partial charge in [0.15, 0.2) is 0 Å². The molecule has 4 amide bonds. The van der Waals surface area contributed by atoms with Crippen LogP contribution in [0, 0.1) is 0 Å². The highest BCUT2D eigenvalue weighted by molar-refractivity contribution is 7.10. The van der Waals surface area contributed by atoms with E-state index in [4.69, 9.17) is 4.42 Å². The Morgan fingerprint density at radius 1 is 1.33 bits per heavy atom. The average molecular weight is 423 g/mol. The van der Waals surface area contributed by atoms with E-state index in [2.05, 4.69) is 10.6 Å². The van der Waals surface area contributed by atoms with Crippen molar-refractivity contribution in [2.24, 2.45) is 0 Å². The van der Waals surface area contributed by atoms with Gasteiger partial charge in [0, 0.05) is 15.8 Å². The number of urea groups is 1. The third kappa shape index (κ3) is 2.90. The molecule has 3 aromatic rings. The summed E-state index contributed by atoms with van der Waals surface area (Å²) in [4.78, 5) is 40.6. The normalized spacial score (nSPS) is 21.7. The molecule has 0 unspecified atom stereocenters. The third-order valence-electron chi connectivity index (χ3n) is 5.89. The zero-order chi connectivity index (χ0) is 20.9. The number of carbonyl (C=O) groups excluding carboxylic acids is 3. The summed E-state index contributed by atoms with van der Waals surface area (Å²) in [7, 11) is 0. The van der Waals surface area contributed by atoms with E-state index in [1.54, 1.807) is 11.3 Å². The zero-order valence-electron chi connectivity index (χ0n) is 16.4. The molecule has 154 valence electrons. The van der Waals surface area contributed by atoms with E-state index >= 15 is 0 Å². The number of nitrogens with zero attached hydrogens (tertiary/aromatic N) is 1. The van der Waals surface area contributed by atoms with Crippen LogP contribution in [-0.4, -0.2) is 29.3 Å². The maximum atomic E-state index is 13.2. The fourth-order valence-electron chi connectivity index (χ4n) is 4.40. The number of fused-ring (bicyclic) bond motifs is 3. The lowest BCUT2D eigenvalue weighted by molar-refractivity contribution is -0.135. The minimum atomic E-state index is -1.03. The van der Waals surface area contributed by atoms with Crippen molar-refractivity contribution in [1.29, 1.82) is 0 Å². The molecule has 1 aliphatic carbocycles. The highest BCUT2D eigenvalue weighted by Gasteiger charge is 2.54. The number of rotatable bonds is 4. The van der Waals surface area contributed by atoms with Crippen LogP contribution in [0.1, 0.15) is 42.0 Å². The summed E-state index contributed by atoms with van der Waals surface area (Å²) in [5, 5.41) is 8.59. The highest BCUT2D eigenvalue weighted by atomic mass is 32.1. The van der Waals surface area contributed by atoms with Crippen LogP contribution in [0.2, 0.25) is 0 Å². The molecule has 1 aromatic carbocycles. The lowest BCUT2D eigenvalue weighted by Gasteiger charge is -2.31. The van der Waals surface area contributed by atoms with E-state index in [0.717, 1.165) is 39.2 Å². The quantitative estimate of drug-likeness (QED) is 0.629. The predicted molar refractivity (Wildman–Crippen MR) is 112 cm³/mol. The Hall–Kier alpha value is -3.13. The van der Waals surface area contributed by atoms with Crippen LogP contribution in [0.4, 0.5) is 4.79 Å². The molecule has 0 saturated carbocycles. The number of carbonyl (C=O) groups is 3. The topological polar surface area (TPSA) is 91.7 Å². The summed E-state index contributed by atoms with van der Waals surface area (Å²) in [6.07, 6.45) is 2.28. The largest absolute Gasteiger partial charge is 0.459 e. The summed E-state index contributed by atoms with van der Waals surface area (Å²) < 4.78 is 5.79. The lowest BCUT2D eigenvalue weighted by Crippen LogP contribution is -2.47. The van der Waals surface area contributed by atoms with E-state index in [0.29, 0.717) is 12.2 Å². The molecular formula is C22H21N3O4S. The molecule has 5 rings (SSSR count). The number of benzene rings is 1. The second-order valence-electron chi connectivity index (χ2n) is 7.81. The second kappa shape index (κ2) is 6.98. The Kier molecular flexibility index (Phi) is 4.39. The Labute approximate surface area is 177 Å². The van der Waals surface area contributed by atoms with Gasteiger partial charge in [-0.3, -0.25) is 14.5 Å². The van der Waals surface area contributed by atoms with Crippen molar-refractivity contribution in [1.82, 2.24) is 15.5 Å². The van der Waals surface area contributed by atoms with Crippen molar-refractivity contribution in [2.75, 3.05) is 6.54 Å². The molecule has 2 atom stereocenters. The first kappa shape index (κ1) is 18.9. The maximum absolute atomic E-state index is 13.2. The minimum Gasteiger partial charge on any atom is -0.459 e. The van der Waals surface area contributed by atoms with Crippen LogP contribution in [0.25, 0.3) is 11.0 Å². The van der Waals surface area contributed by atoms with Crippen LogP contribution >= 0.6 is 11.3 Å². The van der Waals surface area contributed by atoms with Gasteiger partial charge in [-0.05, 0) is 49.8 Å². The molecule has 0 bridgehead atoms. The molecule has 2 aromatic heterocycles. The van der Waals surface area contributed by atoms with Crippen LogP contribution < -0.4 is 10.6 Å².